The first-order chi connectivity index (χ1) is 9.22. The fourth-order valence-corrected chi connectivity index (χ4v) is 1.71. The van der Waals surface area contributed by atoms with Crippen LogP contribution in [0.25, 0.3) is 0 Å². The van der Waals surface area contributed by atoms with Crippen LogP contribution < -0.4 is 14.8 Å². The molecule has 5 heteroatoms. The van der Waals surface area contributed by atoms with E-state index in [0.717, 1.165) is 17.0 Å². The molecule has 1 aromatic carbocycles. The number of aryl methyl sites for hydroxylation is 1. The Morgan fingerprint density at radius 3 is 2.58 bits per heavy atom. The van der Waals surface area contributed by atoms with Crippen LogP contribution in [0.4, 0.5) is 5.95 Å². The van der Waals surface area contributed by atoms with Crippen molar-refractivity contribution in [3.05, 3.63) is 41.7 Å². The van der Waals surface area contributed by atoms with Gasteiger partial charge in [0.2, 0.25) is 5.95 Å². The second kappa shape index (κ2) is 6.04. The van der Waals surface area contributed by atoms with Crippen molar-refractivity contribution in [3.63, 3.8) is 0 Å². The molecule has 0 spiro atoms. The van der Waals surface area contributed by atoms with Gasteiger partial charge < -0.3 is 14.8 Å². The molecule has 1 heterocycles. The molecule has 0 fully saturated rings. The predicted molar refractivity (Wildman–Crippen MR) is 73.6 cm³/mol. The number of ether oxygens (including phenoxy) is 2. The normalized spacial score (nSPS) is 10.1. The minimum atomic E-state index is 0.620. The fourth-order valence-electron chi connectivity index (χ4n) is 1.71. The first kappa shape index (κ1) is 13.1. The molecule has 0 aliphatic heterocycles. The molecule has 19 heavy (non-hydrogen) atoms. The Bertz CT molecular complexity index is 558. The zero-order valence-corrected chi connectivity index (χ0v) is 11.3. The number of hydrogen-bond acceptors (Lipinski definition) is 5. The van der Waals surface area contributed by atoms with Crippen molar-refractivity contribution in [2.45, 2.75) is 13.5 Å². The van der Waals surface area contributed by atoms with Crippen molar-refractivity contribution < 1.29 is 9.47 Å². The Hall–Kier alpha value is -2.30. The van der Waals surface area contributed by atoms with E-state index in [1.165, 1.54) is 0 Å². The summed E-state index contributed by atoms with van der Waals surface area (Å²) in [5.74, 6) is 2.06. The van der Waals surface area contributed by atoms with Crippen LogP contribution in [0.5, 0.6) is 11.5 Å². The van der Waals surface area contributed by atoms with Gasteiger partial charge in [-0.15, -0.1) is 0 Å². The van der Waals surface area contributed by atoms with E-state index in [9.17, 15) is 0 Å². The van der Waals surface area contributed by atoms with Crippen molar-refractivity contribution in [1.82, 2.24) is 9.97 Å². The van der Waals surface area contributed by atoms with Gasteiger partial charge in [-0.25, -0.2) is 9.97 Å². The smallest absolute Gasteiger partial charge is 0.223 e. The van der Waals surface area contributed by atoms with Gasteiger partial charge in [0, 0.05) is 18.4 Å². The number of benzene rings is 1. The van der Waals surface area contributed by atoms with E-state index in [1.807, 2.05) is 31.2 Å². The van der Waals surface area contributed by atoms with E-state index in [2.05, 4.69) is 15.3 Å². The van der Waals surface area contributed by atoms with E-state index >= 15 is 0 Å². The second-order valence-corrected chi connectivity index (χ2v) is 4.06. The summed E-state index contributed by atoms with van der Waals surface area (Å²) in [6.07, 6.45) is 1.74. The maximum Gasteiger partial charge on any atom is 0.223 e. The van der Waals surface area contributed by atoms with Crippen LogP contribution in [-0.2, 0) is 6.54 Å². The second-order valence-electron chi connectivity index (χ2n) is 4.06. The van der Waals surface area contributed by atoms with E-state index in [-0.39, 0.29) is 0 Å². The fraction of sp³-hybridized carbons (Fsp3) is 0.286. The van der Waals surface area contributed by atoms with Crippen LogP contribution >= 0.6 is 0 Å². The first-order valence-corrected chi connectivity index (χ1v) is 5.97. The standard InChI is InChI=1S/C14H17N3O2/c1-10-6-7-15-14(17-10)16-9-11-4-5-12(18-2)13(8-11)19-3/h4-8H,9H2,1-3H3,(H,15,16,17). The maximum atomic E-state index is 5.26. The Kier molecular flexibility index (Phi) is 4.18. The summed E-state index contributed by atoms with van der Waals surface area (Å²) in [6.45, 7) is 2.56. The Labute approximate surface area is 112 Å². The van der Waals surface area contributed by atoms with Crippen LogP contribution in [0, 0.1) is 6.92 Å². The lowest BCUT2D eigenvalue weighted by Crippen LogP contribution is -2.04. The van der Waals surface area contributed by atoms with E-state index in [0.29, 0.717) is 18.2 Å². The molecule has 5 nitrogen and oxygen atoms in total. The predicted octanol–water partition coefficient (Wildman–Crippen LogP) is 2.41. The number of nitrogens with zero attached hydrogens (tertiary/aromatic N) is 2. The van der Waals surface area contributed by atoms with Gasteiger partial charge in [0.05, 0.1) is 14.2 Å². The average molecular weight is 259 g/mol. The summed E-state index contributed by atoms with van der Waals surface area (Å²) in [4.78, 5) is 8.44. The number of methoxy groups -OCH3 is 2. The molecule has 100 valence electrons. The largest absolute Gasteiger partial charge is 0.493 e. The van der Waals surface area contributed by atoms with Crippen molar-refractivity contribution in [1.29, 1.82) is 0 Å². The zero-order chi connectivity index (χ0) is 13.7. The first-order valence-electron chi connectivity index (χ1n) is 5.97. The quantitative estimate of drug-likeness (QED) is 0.893. The van der Waals surface area contributed by atoms with Crippen LogP contribution in [0.2, 0.25) is 0 Å². The van der Waals surface area contributed by atoms with Gasteiger partial charge >= 0.3 is 0 Å². The zero-order valence-electron chi connectivity index (χ0n) is 11.3. The summed E-state index contributed by atoms with van der Waals surface area (Å²) in [5.41, 5.74) is 2.01. The number of rotatable bonds is 5. The molecule has 0 radical (unpaired) electrons. The molecule has 0 atom stereocenters. The van der Waals surface area contributed by atoms with Crippen molar-refractivity contribution in [3.8, 4) is 11.5 Å². The minimum Gasteiger partial charge on any atom is -0.493 e. The van der Waals surface area contributed by atoms with Crippen LogP contribution in [0.15, 0.2) is 30.5 Å². The van der Waals surface area contributed by atoms with Crippen LogP contribution in [-0.4, -0.2) is 24.2 Å². The summed E-state index contributed by atoms with van der Waals surface area (Å²) in [6, 6.07) is 7.65. The molecule has 0 saturated heterocycles. The molecule has 1 aromatic heterocycles. The molecule has 0 bridgehead atoms. The molecule has 0 unspecified atom stereocenters. The number of aromatic nitrogens is 2. The molecule has 1 N–H and O–H groups in total. The lowest BCUT2D eigenvalue weighted by atomic mass is 10.2. The van der Waals surface area contributed by atoms with E-state index < -0.39 is 0 Å². The minimum absolute atomic E-state index is 0.620. The Balaban J connectivity index is 2.07. The van der Waals surface area contributed by atoms with Gasteiger partial charge in [-0.05, 0) is 30.7 Å². The highest BCUT2D eigenvalue weighted by Crippen LogP contribution is 2.27. The van der Waals surface area contributed by atoms with Crippen LogP contribution in [0.1, 0.15) is 11.3 Å². The van der Waals surface area contributed by atoms with Gasteiger partial charge in [-0.3, -0.25) is 0 Å². The van der Waals surface area contributed by atoms with Gasteiger partial charge in [-0.2, -0.15) is 0 Å². The van der Waals surface area contributed by atoms with Crippen molar-refractivity contribution in [2.75, 3.05) is 19.5 Å². The van der Waals surface area contributed by atoms with Gasteiger partial charge in [0.1, 0.15) is 0 Å². The SMILES string of the molecule is COc1ccc(CNc2nccc(C)n2)cc1OC. The summed E-state index contributed by atoms with van der Waals surface area (Å²) in [5, 5.41) is 3.17. The number of anilines is 1. The summed E-state index contributed by atoms with van der Waals surface area (Å²) >= 11 is 0. The molecule has 0 aliphatic rings. The average Bonchev–Trinajstić information content (AvgIpc) is 2.45. The van der Waals surface area contributed by atoms with Crippen molar-refractivity contribution in [2.24, 2.45) is 0 Å². The molecule has 2 aromatic rings. The van der Waals surface area contributed by atoms with E-state index in [1.54, 1.807) is 20.4 Å². The van der Waals surface area contributed by atoms with Crippen LogP contribution in [0.3, 0.4) is 0 Å². The lowest BCUT2D eigenvalue weighted by Gasteiger charge is -2.10. The third-order valence-corrected chi connectivity index (χ3v) is 2.69. The molecular formula is C14H17N3O2. The van der Waals surface area contributed by atoms with Gasteiger partial charge in [0.15, 0.2) is 11.5 Å². The highest BCUT2D eigenvalue weighted by molar-refractivity contribution is 5.43. The summed E-state index contributed by atoms with van der Waals surface area (Å²) in [7, 11) is 3.25. The summed E-state index contributed by atoms with van der Waals surface area (Å²) < 4.78 is 10.5. The molecule has 0 aliphatic carbocycles. The van der Waals surface area contributed by atoms with Gasteiger partial charge in [-0.1, -0.05) is 6.07 Å². The monoisotopic (exact) mass is 259 g/mol. The molecule has 0 amide bonds. The van der Waals surface area contributed by atoms with Gasteiger partial charge in [0.25, 0.3) is 0 Å². The highest BCUT2D eigenvalue weighted by Gasteiger charge is 2.04. The molecule has 0 saturated carbocycles. The topological polar surface area (TPSA) is 56.3 Å². The van der Waals surface area contributed by atoms with E-state index in [4.69, 9.17) is 9.47 Å². The van der Waals surface area contributed by atoms with Crippen molar-refractivity contribution >= 4 is 5.95 Å². The molecule has 2 rings (SSSR count). The molecular weight excluding hydrogens is 242 g/mol. The highest BCUT2D eigenvalue weighted by atomic mass is 16.5. The Morgan fingerprint density at radius 2 is 1.89 bits per heavy atom. The number of nitrogens with one attached hydrogen (secondary N) is 1. The maximum absolute atomic E-state index is 5.26. The lowest BCUT2D eigenvalue weighted by molar-refractivity contribution is 0.354. The third kappa shape index (κ3) is 3.34. The Morgan fingerprint density at radius 1 is 1.11 bits per heavy atom. The third-order valence-electron chi connectivity index (χ3n) is 2.69. The number of hydrogen-bond donors (Lipinski definition) is 1.